The van der Waals surface area contributed by atoms with Crippen LogP contribution in [0.1, 0.15) is 50.8 Å². The second kappa shape index (κ2) is 11.7. The van der Waals surface area contributed by atoms with E-state index in [0.717, 1.165) is 24.0 Å². The molecule has 2 aromatic carbocycles. The van der Waals surface area contributed by atoms with Crippen molar-refractivity contribution in [1.82, 2.24) is 30.4 Å². The molecule has 1 aliphatic rings. The van der Waals surface area contributed by atoms with E-state index in [1.54, 1.807) is 24.1 Å². The number of carbonyl (C=O) groups excluding carboxylic acids is 2. The Morgan fingerprint density at radius 1 is 1.16 bits per heavy atom. The van der Waals surface area contributed by atoms with Gasteiger partial charge in [0.1, 0.15) is 18.3 Å². The van der Waals surface area contributed by atoms with Crippen LogP contribution in [0.5, 0.6) is 5.75 Å². The molecule has 0 bridgehead atoms. The highest BCUT2D eigenvalue weighted by atomic mass is 16.5. The molecular weight excluding hydrogens is 484 g/mol. The molecule has 38 heavy (non-hydrogen) atoms. The van der Waals surface area contributed by atoms with Gasteiger partial charge in [-0.2, -0.15) is 4.80 Å². The molecule has 2 heterocycles. The normalized spacial score (nSPS) is 16.2. The van der Waals surface area contributed by atoms with Gasteiger partial charge < -0.3 is 19.7 Å². The first-order chi connectivity index (χ1) is 18.1. The van der Waals surface area contributed by atoms with Crippen molar-refractivity contribution in [2.75, 3.05) is 20.3 Å². The maximum absolute atomic E-state index is 13.8. The summed E-state index contributed by atoms with van der Waals surface area (Å²) in [5, 5.41) is 15.7. The summed E-state index contributed by atoms with van der Waals surface area (Å²) in [7, 11) is 1.59. The van der Waals surface area contributed by atoms with Crippen LogP contribution in [0.2, 0.25) is 0 Å². The molecule has 202 valence electrons. The van der Waals surface area contributed by atoms with Crippen molar-refractivity contribution in [1.29, 1.82) is 0 Å². The SMILES string of the molecule is COc1ccc([C@@H](C(=O)NC(C)(C)C)N(C[C@@H]2CCCO2)C(=O)Cn2nnc(-c3ccc(C)cc3)n2)cc1. The van der Waals surface area contributed by atoms with Gasteiger partial charge in [-0.15, -0.1) is 10.2 Å². The van der Waals surface area contributed by atoms with Crippen molar-refractivity contribution >= 4 is 11.8 Å². The lowest BCUT2D eigenvalue weighted by Crippen LogP contribution is -2.51. The summed E-state index contributed by atoms with van der Waals surface area (Å²) in [6, 6.07) is 14.1. The largest absolute Gasteiger partial charge is 0.497 e. The van der Waals surface area contributed by atoms with Gasteiger partial charge in [-0.05, 0) is 63.4 Å². The van der Waals surface area contributed by atoms with E-state index in [1.165, 1.54) is 4.80 Å². The van der Waals surface area contributed by atoms with Crippen LogP contribution >= 0.6 is 0 Å². The smallest absolute Gasteiger partial charge is 0.247 e. The Kier molecular flexibility index (Phi) is 8.41. The van der Waals surface area contributed by atoms with E-state index in [2.05, 4.69) is 20.7 Å². The van der Waals surface area contributed by atoms with E-state index in [9.17, 15) is 9.59 Å². The zero-order valence-electron chi connectivity index (χ0n) is 22.7. The minimum atomic E-state index is -0.878. The molecule has 0 saturated carbocycles. The van der Waals surface area contributed by atoms with Crippen LogP contribution in [-0.4, -0.2) is 68.8 Å². The van der Waals surface area contributed by atoms with Gasteiger partial charge >= 0.3 is 0 Å². The topological polar surface area (TPSA) is 111 Å². The maximum Gasteiger partial charge on any atom is 0.247 e. The van der Waals surface area contributed by atoms with Crippen LogP contribution in [-0.2, 0) is 20.9 Å². The quantitative estimate of drug-likeness (QED) is 0.461. The number of rotatable bonds is 9. The summed E-state index contributed by atoms with van der Waals surface area (Å²) in [5.41, 5.74) is 2.12. The van der Waals surface area contributed by atoms with Gasteiger partial charge in [0.15, 0.2) is 0 Å². The number of aromatic nitrogens is 4. The van der Waals surface area contributed by atoms with Gasteiger partial charge in [-0.25, -0.2) is 0 Å². The van der Waals surface area contributed by atoms with E-state index < -0.39 is 11.6 Å². The Morgan fingerprint density at radius 2 is 1.87 bits per heavy atom. The van der Waals surface area contributed by atoms with E-state index in [4.69, 9.17) is 9.47 Å². The number of carbonyl (C=O) groups is 2. The number of tetrazole rings is 1. The average molecular weight is 521 g/mol. The monoisotopic (exact) mass is 520 g/mol. The highest BCUT2D eigenvalue weighted by Crippen LogP contribution is 2.27. The van der Waals surface area contributed by atoms with Crippen molar-refractivity contribution < 1.29 is 19.1 Å². The van der Waals surface area contributed by atoms with Gasteiger partial charge in [0.05, 0.1) is 13.2 Å². The Balaban J connectivity index is 1.64. The summed E-state index contributed by atoms with van der Waals surface area (Å²) in [5.74, 6) is 0.510. The third kappa shape index (κ3) is 6.95. The first kappa shape index (κ1) is 27.3. The molecular formula is C28H36N6O4. The highest BCUT2D eigenvalue weighted by molar-refractivity contribution is 5.89. The summed E-state index contributed by atoms with van der Waals surface area (Å²) in [4.78, 5) is 30.4. The van der Waals surface area contributed by atoms with Crippen LogP contribution < -0.4 is 10.1 Å². The lowest BCUT2D eigenvalue weighted by molar-refractivity contribution is -0.144. The summed E-state index contributed by atoms with van der Waals surface area (Å²) in [6.45, 7) is 8.48. The third-order valence-corrected chi connectivity index (χ3v) is 6.27. The summed E-state index contributed by atoms with van der Waals surface area (Å²) < 4.78 is 11.2. The number of ether oxygens (including phenoxy) is 2. The molecule has 1 fully saturated rings. The maximum atomic E-state index is 13.8. The van der Waals surface area contributed by atoms with Gasteiger partial charge in [0, 0.05) is 24.3 Å². The number of benzene rings is 2. The zero-order chi connectivity index (χ0) is 27.3. The molecule has 1 N–H and O–H groups in total. The van der Waals surface area contributed by atoms with E-state index in [-0.39, 0.29) is 31.0 Å². The molecule has 3 aromatic rings. The molecule has 0 aliphatic carbocycles. The van der Waals surface area contributed by atoms with E-state index in [0.29, 0.717) is 23.7 Å². The first-order valence-corrected chi connectivity index (χ1v) is 12.8. The fraction of sp³-hybridized carbons (Fsp3) is 0.464. The number of amides is 2. The van der Waals surface area contributed by atoms with Gasteiger partial charge in [-0.3, -0.25) is 9.59 Å². The Hall–Kier alpha value is -3.79. The third-order valence-electron chi connectivity index (χ3n) is 6.27. The Labute approximate surface area is 223 Å². The number of aryl methyl sites for hydroxylation is 1. The van der Waals surface area contributed by atoms with Crippen molar-refractivity contribution in [3.05, 3.63) is 59.7 Å². The van der Waals surface area contributed by atoms with Crippen LogP contribution in [0.25, 0.3) is 11.4 Å². The lowest BCUT2D eigenvalue weighted by Gasteiger charge is -2.35. The molecule has 0 unspecified atom stereocenters. The average Bonchev–Trinajstić information content (AvgIpc) is 3.56. The van der Waals surface area contributed by atoms with Crippen molar-refractivity contribution in [2.45, 2.75) is 64.8 Å². The Morgan fingerprint density at radius 3 is 2.47 bits per heavy atom. The van der Waals surface area contributed by atoms with Crippen molar-refractivity contribution in [3.8, 4) is 17.1 Å². The second-order valence-electron chi connectivity index (χ2n) is 10.6. The Bertz CT molecular complexity index is 1230. The molecule has 1 aliphatic heterocycles. The van der Waals surface area contributed by atoms with E-state index in [1.807, 2.05) is 64.1 Å². The predicted octanol–water partition coefficient (Wildman–Crippen LogP) is 3.32. The molecule has 10 nitrogen and oxygen atoms in total. The number of hydrogen-bond acceptors (Lipinski definition) is 7. The summed E-state index contributed by atoms with van der Waals surface area (Å²) >= 11 is 0. The van der Waals surface area contributed by atoms with Crippen molar-refractivity contribution in [3.63, 3.8) is 0 Å². The van der Waals surface area contributed by atoms with Gasteiger partial charge in [-0.1, -0.05) is 42.0 Å². The molecule has 4 rings (SSSR count). The van der Waals surface area contributed by atoms with Crippen molar-refractivity contribution in [2.24, 2.45) is 0 Å². The standard InChI is InChI=1S/C28H36N6O4/c1-19-8-10-21(11-9-19)26-30-32-34(31-26)18-24(35)33(17-23-7-6-16-38-23)25(27(36)29-28(2,3)4)20-12-14-22(37-5)15-13-20/h8-15,23,25H,6-7,16-18H2,1-5H3,(H,29,36)/t23-,25-/m0/s1. The fourth-order valence-corrected chi connectivity index (χ4v) is 4.40. The second-order valence-corrected chi connectivity index (χ2v) is 10.6. The van der Waals surface area contributed by atoms with Gasteiger partial charge in [0.25, 0.3) is 0 Å². The fourth-order valence-electron chi connectivity index (χ4n) is 4.40. The molecule has 0 spiro atoms. The lowest BCUT2D eigenvalue weighted by atomic mass is 10.0. The minimum Gasteiger partial charge on any atom is -0.497 e. The van der Waals surface area contributed by atoms with Crippen LogP contribution in [0.4, 0.5) is 0 Å². The minimum absolute atomic E-state index is 0.158. The number of methoxy groups -OCH3 is 1. The van der Waals surface area contributed by atoms with Crippen LogP contribution in [0.15, 0.2) is 48.5 Å². The molecule has 10 heteroatoms. The number of hydrogen-bond donors (Lipinski definition) is 1. The predicted molar refractivity (Wildman–Crippen MR) is 142 cm³/mol. The summed E-state index contributed by atoms with van der Waals surface area (Å²) in [6.07, 6.45) is 1.58. The van der Waals surface area contributed by atoms with E-state index >= 15 is 0 Å². The molecule has 1 aromatic heterocycles. The zero-order valence-corrected chi connectivity index (χ0v) is 22.7. The molecule has 1 saturated heterocycles. The molecule has 2 atom stereocenters. The van der Waals surface area contributed by atoms with Gasteiger partial charge in [0.2, 0.25) is 17.6 Å². The molecule has 0 radical (unpaired) electrons. The molecule has 2 amide bonds. The number of nitrogens with zero attached hydrogens (tertiary/aromatic N) is 5. The number of nitrogens with one attached hydrogen (secondary N) is 1. The highest BCUT2D eigenvalue weighted by Gasteiger charge is 2.36. The first-order valence-electron chi connectivity index (χ1n) is 12.8. The van der Waals surface area contributed by atoms with Crippen LogP contribution in [0.3, 0.4) is 0 Å². The van der Waals surface area contributed by atoms with Crippen LogP contribution in [0, 0.1) is 6.92 Å².